The van der Waals surface area contributed by atoms with Crippen LogP contribution < -0.4 is 0 Å². The lowest BCUT2D eigenvalue weighted by molar-refractivity contribution is -0.140. The molecule has 0 saturated carbocycles. The SMILES string of the molecule is Cc1ccc(S(=O)(=O)N2CCC[C@H]2C(=O)O)c(-c2ccccc2F)c1. The normalized spacial score (nSPS) is 18.4. The standard InChI is InChI=1S/C18H18FNO4S/c1-12-8-9-17(14(11-12)13-5-2-3-6-15(13)19)25(23,24)20-10-4-7-16(20)18(21)22/h2-3,5-6,8-9,11,16H,4,7,10H2,1H3,(H,21,22)/t16-/m0/s1. The van der Waals surface area contributed by atoms with Crippen molar-refractivity contribution < 1.29 is 22.7 Å². The molecular weight excluding hydrogens is 345 g/mol. The van der Waals surface area contributed by atoms with Gasteiger partial charge in [-0.1, -0.05) is 29.8 Å². The summed E-state index contributed by atoms with van der Waals surface area (Å²) in [4.78, 5) is 11.3. The highest BCUT2D eigenvalue weighted by Crippen LogP contribution is 2.34. The first-order valence-corrected chi connectivity index (χ1v) is 9.36. The van der Waals surface area contributed by atoms with E-state index in [9.17, 15) is 22.7 Å². The third-order valence-corrected chi connectivity index (χ3v) is 6.34. The number of sulfonamides is 1. The summed E-state index contributed by atoms with van der Waals surface area (Å²) in [7, 11) is -4.06. The molecule has 132 valence electrons. The lowest BCUT2D eigenvalue weighted by atomic mass is 10.0. The first kappa shape index (κ1) is 17.6. The van der Waals surface area contributed by atoms with Crippen molar-refractivity contribution in [3.05, 3.63) is 53.8 Å². The van der Waals surface area contributed by atoms with E-state index in [1.807, 2.05) is 0 Å². The zero-order valence-electron chi connectivity index (χ0n) is 13.6. The van der Waals surface area contributed by atoms with Crippen molar-refractivity contribution in [1.29, 1.82) is 0 Å². The van der Waals surface area contributed by atoms with Crippen LogP contribution in [0.5, 0.6) is 0 Å². The van der Waals surface area contributed by atoms with Crippen molar-refractivity contribution in [2.24, 2.45) is 0 Å². The second-order valence-corrected chi connectivity index (χ2v) is 7.95. The van der Waals surface area contributed by atoms with Crippen LogP contribution in [0, 0.1) is 12.7 Å². The quantitative estimate of drug-likeness (QED) is 0.906. The van der Waals surface area contributed by atoms with Gasteiger partial charge in [0.25, 0.3) is 0 Å². The number of carboxylic acids is 1. The number of hydrogen-bond acceptors (Lipinski definition) is 3. The van der Waals surface area contributed by atoms with E-state index in [-0.39, 0.29) is 29.0 Å². The largest absolute Gasteiger partial charge is 0.480 e. The minimum atomic E-state index is -4.06. The average molecular weight is 363 g/mol. The topological polar surface area (TPSA) is 74.7 Å². The molecule has 0 bridgehead atoms. The summed E-state index contributed by atoms with van der Waals surface area (Å²) < 4.78 is 41.5. The van der Waals surface area contributed by atoms with Gasteiger partial charge in [-0.05, 0) is 38.0 Å². The van der Waals surface area contributed by atoms with E-state index in [2.05, 4.69) is 0 Å². The number of aryl methyl sites for hydroxylation is 1. The lowest BCUT2D eigenvalue weighted by Crippen LogP contribution is -2.40. The highest BCUT2D eigenvalue weighted by Gasteiger charge is 2.40. The van der Waals surface area contributed by atoms with Gasteiger partial charge in [-0.15, -0.1) is 0 Å². The highest BCUT2D eigenvalue weighted by atomic mass is 32.2. The molecule has 1 aliphatic rings. The monoisotopic (exact) mass is 363 g/mol. The van der Waals surface area contributed by atoms with Crippen LogP contribution in [0.1, 0.15) is 18.4 Å². The van der Waals surface area contributed by atoms with Gasteiger partial charge in [0.15, 0.2) is 0 Å². The Labute approximate surface area is 145 Å². The van der Waals surface area contributed by atoms with E-state index in [4.69, 9.17) is 0 Å². The Bertz CT molecular complexity index is 926. The van der Waals surface area contributed by atoms with E-state index in [0.717, 1.165) is 9.87 Å². The number of halogens is 1. The molecule has 7 heteroatoms. The summed E-state index contributed by atoms with van der Waals surface area (Å²) in [6, 6.07) is 9.52. The summed E-state index contributed by atoms with van der Waals surface area (Å²) in [5.41, 5.74) is 1.21. The van der Waals surface area contributed by atoms with E-state index in [1.165, 1.54) is 24.3 Å². The van der Waals surface area contributed by atoms with Crippen LogP contribution >= 0.6 is 0 Å². The zero-order valence-corrected chi connectivity index (χ0v) is 14.5. The zero-order chi connectivity index (χ0) is 18.2. The highest BCUT2D eigenvalue weighted by molar-refractivity contribution is 7.89. The molecule has 1 saturated heterocycles. The van der Waals surface area contributed by atoms with Gasteiger partial charge in [-0.3, -0.25) is 4.79 Å². The maximum atomic E-state index is 14.3. The fourth-order valence-electron chi connectivity index (χ4n) is 3.16. The lowest BCUT2D eigenvalue weighted by Gasteiger charge is -2.23. The van der Waals surface area contributed by atoms with Gasteiger partial charge in [0.2, 0.25) is 10.0 Å². The molecule has 0 unspecified atom stereocenters. The molecule has 0 aromatic heterocycles. The summed E-state index contributed by atoms with van der Waals surface area (Å²) in [5, 5.41) is 9.30. The molecule has 2 aromatic rings. The van der Waals surface area contributed by atoms with Crippen molar-refractivity contribution in [2.75, 3.05) is 6.54 Å². The van der Waals surface area contributed by atoms with E-state index in [0.29, 0.717) is 6.42 Å². The predicted molar refractivity (Wildman–Crippen MR) is 91.1 cm³/mol. The Balaban J connectivity index is 2.18. The molecule has 1 N–H and O–H groups in total. The Morgan fingerprint density at radius 2 is 1.92 bits per heavy atom. The molecule has 25 heavy (non-hydrogen) atoms. The number of rotatable bonds is 4. The van der Waals surface area contributed by atoms with Crippen molar-refractivity contribution in [3.8, 4) is 11.1 Å². The number of benzene rings is 2. The fourth-order valence-corrected chi connectivity index (χ4v) is 5.00. The third kappa shape index (κ3) is 3.17. The number of carboxylic acid groups (broad SMARTS) is 1. The molecule has 5 nitrogen and oxygen atoms in total. The number of carbonyl (C=O) groups is 1. The Hall–Kier alpha value is -2.25. The molecule has 1 fully saturated rings. The molecule has 2 aromatic carbocycles. The minimum absolute atomic E-state index is 0.0728. The first-order chi connectivity index (χ1) is 11.8. The van der Waals surface area contributed by atoms with Gasteiger partial charge in [0, 0.05) is 17.7 Å². The summed E-state index contributed by atoms with van der Waals surface area (Å²) in [6.45, 7) is 1.93. The van der Waals surface area contributed by atoms with Crippen LogP contribution in [-0.2, 0) is 14.8 Å². The summed E-state index contributed by atoms with van der Waals surface area (Å²) in [6.07, 6.45) is 0.756. The predicted octanol–water partition coefficient (Wildman–Crippen LogP) is 3.04. The van der Waals surface area contributed by atoms with Gasteiger partial charge in [0.05, 0.1) is 4.90 Å². The Kier molecular flexibility index (Phi) is 4.62. The Morgan fingerprint density at radius 3 is 2.60 bits per heavy atom. The molecule has 0 amide bonds. The number of aliphatic carboxylic acids is 1. The van der Waals surface area contributed by atoms with Crippen LogP contribution in [-0.4, -0.2) is 36.4 Å². The van der Waals surface area contributed by atoms with E-state index in [1.54, 1.807) is 25.1 Å². The van der Waals surface area contributed by atoms with Gasteiger partial charge >= 0.3 is 5.97 Å². The van der Waals surface area contributed by atoms with Crippen LogP contribution in [0.4, 0.5) is 4.39 Å². The first-order valence-electron chi connectivity index (χ1n) is 7.92. The molecule has 1 atom stereocenters. The van der Waals surface area contributed by atoms with Crippen molar-refractivity contribution in [1.82, 2.24) is 4.31 Å². The van der Waals surface area contributed by atoms with Gasteiger partial charge in [0.1, 0.15) is 11.9 Å². The smallest absolute Gasteiger partial charge is 0.322 e. The summed E-state index contributed by atoms with van der Waals surface area (Å²) in [5.74, 6) is -1.69. The van der Waals surface area contributed by atoms with Gasteiger partial charge in [-0.25, -0.2) is 12.8 Å². The maximum absolute atomic E-state index is 14.3. The molecule has 0 spiro atoms. The number of hydrogen-bond donors (Lipinski definition) is 1. The molecule has 0 aliphatic carbocycles. The van der Waals surface area contributed by atoms with Gasteiger partial charge < -0.3 is 5.11 Å². The van der Waals surface area contributed by atoms with Crippen LogP contribution in [0.15, 0.2) is 47.4 Å². The second kappa shape index (κ2) is 6.57. The molecular formula is C18H18FNO4S. The van der Waals surface area contributed by atoms with Crippen molar-refractivity contribution >= 4 is 16.0 Å². The Morgan fingerprint density at radius 1 is 1.20 bits per heavy atom. The van der Waals surface area contributed by atoms with Crippen LogP contribution in [0.3, 0.4) is 0 Å². The third-order valence-electron chi connectivity index (χ3n) is 4.37. The number of nitrogens with zero attached hydrogens (tertiary/aromatic N) is 1. The maximum Gasteiger partial charge on any atom is 0.322 e. The van der Waals surface area contributed by atoms with Gasteiger partial charge in [-0.2, -0.15) is 4.31 Å². The van der Waals surface area contributed by atoms with E-state index >= 15 is 0 Å². The fraction of sp³-hybridized carbons (Fsp3) is 0.278. The molecule has 1 heterocycles. The molecule has 0 radical (unpaired) electrons. The van der Waals surface area contributed by atoms with Crippen LogP contribution in [0.25, 0.3) is 11.1 Å². The minimum Gasteiger partial charge on any atom is -0.480 e. The summed E-state index contributed by atoms with van der Waals surface area (Å²) >= 11 is 0. The average Bonchev–Trinajstić information content (AvgIpc) is 3.06. The molecule has 1 aliphatic heterocycles. The van der Waals surface area contributed by atoms with E-state index < -0.39 is 27.9 Å². The van der Waals surface area contributed by atoms with Crippen LogP contribution in [0.2, 0.25) is 0 Å². The van der Waals surface area contributed by atoms with Crippen molar-refractivity contribution in [2.45, 2.75) is 30.7 Å². The molecule has 3 rings (SSSR count). The van der Waals surface area contributed by atoms with Crippen molar-refractivity contribution in [3.63, 3.8) is 0 Å². The second-order valence-electron chi connectivity index (χ2n) is 6.09.